The van der Waals surface area contributed by atoms with E-state index < -0.39 is 12.5 Å². The lowest BCUT2D eigenvalue weighted by Crippen LogP contribution is -2.39. The minimum absolute atomic E-state index is 0.303. The van der Waals surface area contributed by atoms with Gasteiger partial charge in [-0.2, -0.15) is 0 Å². The minimum Gasteiger partial charge on any atom is -0.465 e. The summed E-state index contributed by atoms with van der Waals surface area (Å²) in [5.41, 5.74) is 0. The van der Waals surface area contributed by atoms with E-state index in [4.69, 9.17) is 4.74 Å². The molecular formula is C9H15F2NO2. The van der Waals surface area contributed by atoms with Crippen LogP contribution in [0.5, 0.6) is 0 Å². The van der Waals surface area contributed by atoms with E-state index in [2.05, 4.69) is 0 Å². The highest BCUT2D eigenvalue weighted by molar-refractivity contribution is 5.76. The Balaban J connectivity index is 2.46. The number of alkyl halides is 2. The predicted molar refractivity (Wildman–Crippen MR) is 47.2 cm³/mol. The second-order valence-electron chi connectivity index (χ2n) is 3.30. The molecule has 0 bridgehead atoms. The van der Waals surface area contributed by atoms with Crippen LogP contribution in [0.15, 0.2) is 0 Å². The number of carbonyl (C=O) groups excluding carboxylic acids is 1. The molecule has 1 fully saturated rings. The van der Waals surface area contributed by atoms with E-state index in [1.165, 1.54) is 4.90 Å². The molecule has 0 saturated carbocycles. The Morgan fingerprint density at radius 2 is 2.36 bits per heavy atom. The van der Waals surface area contributed by atoms with Crippen molar-refractivity contribution in [1.82, 2.24) is 4.90 Å². The van der Waals surface area contributed by atoms with E-state index in [0.29, 0.717) is 19.6 Å². The number of hydrogen-bond acceptors (Lipinski definition) is 3. The normalized spacial score (nSPS) is 23.0. The monoisotopic (exact) mass is 207 g/mol. The lowest BCUT2D eigenvalue weighted by atomic mass is 10.2. The van der Waals surface area contributed by atoms with Gasteiger partial charge in [0, 0.05) is 0 Å². The quantitative estimate of drug-likeness (QED) is 0.650. The van der Waals surface area contributed by atoms with Crippen molar-refractivity contribution in [1.29, 1.82) is 0 Å². The van der Waals surface area contributed by atoms with E-state index in [-0.39, 0.29) is 12.5 Å². The minimum atomic E-state index is -2.38. The third kappa shape index (κ3) is 2.90. The third-order valence-electron chi connectivity index (χ3n) is 2.29. The average Bonchev–Trinajstić information content (AvgIpc) is 2.51. The summed E-state index contributed by atoms with van der Waals surface area (Å²) in [6, 6.07) is -0.455. The number of halogens is 2. The highest BCUT2D eigenvalue weighted by Gasteiger charge is 2.32. The molecule has 0 N–H and O–H groups in total. The number of ether oxygens (including phenoxy) is 1. The molecule has 1 rings (SSSR count). The summed E-state index contributed by atoms with van der Waals surface area (Å²) in [6.07, 6.45) is -0.966. The van der Waals surface area contributed by atoms with E-state index >= 15 is 0 Å². The molecule has 14 heavy (non-hydrogen) atoms. The summed E-state index contributed by atoms with van der Waals surface area (Å²) in [6.45, 7) is 2.25. The molecule has 0 spiro atoms. The molecule has 5 heteroatoms. The first-order chi connectivity index (χ1) is 6.65. The maximum absolute atomic E-state index is 12.1. The van der Waals surface area contributed by atoms with Crippen LogP contribution < -0.4 is 0 Å². The summed E-state index contributed by atoms with van der Waals surface area (Å²) >= 11 is 0. The van der Waals surface area contributed by atoms with Crippen LogP contribution in [0.2, 0.25) is 0 Å². The molecule has 0 radical (unpaired) electrons. The van der Waals surface area contributed by atoms with E-state index in [1.54, 1.807) is 6.92 Å². The molecule has 1 aliphatic rings. The molecule has 0 aromatic heterocycles. The maximum Gasteiger partial charge on any atom is 0.323 e. The van der Waals surface area contributed by atoms with Gasteiger partial charge in [0.25, 0.3) is 6.43 Å². The van der Waals surface area contributed by atoms with Gasteiger partial charge in [-0.05, 0) is 26.3 Å². The van der Waals surface area contributed by atoms with Gasteiger partial charge in [0.2, 0.25) is 0 Å². The Labute approximate surface area is 82.0 Å². The van der Waals surface area contributed by atoms with Crippen LogP contribution in [0.25, 0.3) is 0 Å². The van der Waals surface area contributed by atoms with Crippen LogP contribution in [0.4, 0.5) is 8.78 Å². The van der Waals surface area contributed by atoms with Gasteiger partial charge in [-0.1, -0.05) is 0 Å². The van der Waals surface area contributed by atoms with Crippen LogP contribution in [0, 0.1) is 0 Å². The fourth-order valence-electron chi connectivity index (χ4n) is 1.73. The number of hydrogen-bond donors (Lipinski definition) is 0. The third-order valence-corrected chi connectivity index (χ3v) is 2.29. The van der Waals surface area contributed by atoms with Crippen LogP contribution in [-0.4, -0.2) is 43.0 Å². The first-order valence-electron chi connectivity index (χ1n) is 4.84. The van der Waals surface area contributed by atoms with Crippen molar-refractivity contribution in [3.63, 3.8) is 0 Å². The van der Waals surface area contributed by atoms with Gasteiger partial charge < -0.3 is 4.74 Å². The van der Waals surface area contributed by atoms with Crippen molar-refractivity contribution in [2.45, 2.75) is 32.2 Å². The summed E-state index contributed by atoms with van der Waals surface area (Å²) in [4.78, 5) is 12.8. The van der Waals surface area contributed by atoms with Gasteiger partial charge in [-0.3, -0.25) is 9.69 Å². The number of nitrogens with zero attached hydrogens (tertiary/aromatic N) is 1. The van der Waals surface area contributed by atoms with Crippen molar-refractivity contribution < 1.29 is 18.3 Å². The number of carbonyl (C=O) groups is 1. The first-order valence-corrected chi connectivity index (χ1v) is 4.84. The average molecular weight is 207 g/mol. The van der Waals surface area contributed by atoms with E-state index in [9.17, 15) is 13.6 Å². The Bertz CT molecular complexity index is 199. The molecule has 1 heterocycles. The van der Waals surface area contributed by atoms with Crippen molar-refractivity contribution in [2.75, 3.05) is 19.7 Å². The van der Waals surface area contributed by atoms with Crippen LogP contribution >= 0.6 is 0 Å². The van der Waals surface area contributed by atoms with Crippen molar-refractivity contribution >= 4 is 5.97 Å². The van der Waals surface area contributed by atoms with E-state index in [1.807, 2.05) is 0 Å². The zero-order valence-electron chi connectivity index (χ0n) is 8.21. The van der Waals surface area contributed by atoms with Gasteiger partial charge >= 0.3 is 5.97 Å². The van der Waals surface area contributed by atoms with Crippen molar-refractivity contribution in [3.8, 4) is 0 Å². The molecule has 1 saturated heterocycles. The zero-order valence-corrected chi connectivity index (χ0v) is 8.21. The summed E-state index contributed by atoms with van der Waals surface area (Å²) in [5, 5.41) is 0. The highest BCUT2D eigenvalue weighted by Crippen LogP contribution is 2.19. The standard InChI is InChI=1S/C9H15F2NO2/c1-2-14-9(13)7-4-3-5-12(7)6-8(10)11/h7-8H,2-6H2,1H3. The van der Waals surface area contributed by atoms with Gasteiger partial charge in [-0.25, -0.2) is 8.78 Å². The van der Waals surface area contributed by atoms with Crippen molar-refractivity contribution in [3.05, 3.63) is 0 Å². The second-order valence-corrected chi connectivity index (χ2v) is 3.30. The molecule has 0 amide bonds. The lowest BCUT2D eigenvalue weighted by molar-refractivity contribution is -0.148. The smallest absolute Gasteiger partial charge is 0.323 e. The van der Waals surface area contributed by atoms with Crippen LogP contribution in [0.3, 0.4) is 0 Å². The number of likely N-dealkylation sites (tertiary alicyclic amines) is 1. The SMILES string of the molecule is CCOC(=O)C1CCCN1CC(F)F. The second kappa shape index (κ2) is 5.24. The molecule has 1 atom stereocenters. The highest BCUT2D eigenvalue weighted by atomic mass is 19.3. The zero-order chi connectivity index (χ0) is 10.6. The fourth-order valence-corrected chi connectivity index (χ4v) is 1.73. The van der Waals surface area contributed by atoms with Crippen LogP contribution in [-0.2, 0) is 9.53 Å². The van der Waals surface area contributed by atoms with Crippen LogP contribution in [0.1, 0.15) is 19.8 Å². The largest absolute Gasteiger partial charge is 0.465 e. The Hall–Kier alpha value is -0.710. The molecular weight excluding hydrogens is 192 g/mol. The Morgan fingerprint density at radius 1 is 1.64 bits per heavy atom. The number of esters is 1. The fraction of sp³-hybridized carbons (Fsp3) is 0.889. The maximum atomic E-state index is 12.1. The first kappa shape index (κ1) is 11.4. The summed E-state index contributed by atoms with van der Waals surface area (Å²) < 4.78 is 29.0. The van der Waals surface area contributed by atoms with E-state index in [0.717, 1.165) is 6.42 Å². The topological polar surface area (TPSA) is 29.5 Å². The van der Waals surface area contributed by atoms with Gasteiger partial charge in [0.05, 0.1) is 13.2 Å². The lowest BCUT2D eigenvalue weighted by Gasteiger charge is -2.21. The van der Waals surface area contributed by atoms with Crippen molar-refractivity contribution in [2.24, 2.45) is 0 Å². The number of rotatable bonds is 4. The molecule has 0 aromatic carbocycles. The van der Waals surface area contributed by atoms with Gasteiger partial charge in [0.1, 0.15) is 6.04 Å². The molecule has 3 nitrogen and oxygen atoms in total. The van der Waals surface area contributed by atoms with Gasteiger partial charge in [0.15, 0.2) is 0 Å². The van der Waals surface area contributed by atoms with Gasteiger partial charge in [-0.15, -0.1) is 0 Å². The summed E-state index contributed by atoms with van der Waals surface area (Å²) in [5.74, 6) is -0.370. The molecule has 1 unspecified atom stereocenters. The predicted octanol–water partition coefficient (Wildman–Crippen LogP) is 1.28. The molecule has 82 valence electrons. The summed E-state index contributed by atoms with van der Waals surface area (Å²) in [7, 11) is 0. The molecule has 0 aromatic rings. The Kier molecular flexibility index (Phi) is 4.25. The molecule has 1 aliphatic heterocycles. The molecule has 0 aliphatic carbocycles. The Morgan fingerprint density at radius 3 is 2.93 bits per heavy atom.